The molecule has 4 aromatic rings. The number of carbonyl (C=O) groups is 1. The van der Waals surface area contributed by atoms with Crippen molar-refractivity contribution in [3.63, 3.8) is 0 Å². The van der Waals surface area contributed by atoms with Gasteiger partial charge in [-0.05, 0) is 48.4 Å². The van der Waals surface area contributed by atoms with Crippen LogP contribution in [0.2, 0.25) is 0 Å². The van der Waals surface area contributed by atoms with Crippen LogP contribution in [0.25, 0.3) is 21.8 Å². The lowest BCUT2D eigenvalue weighted by molar-refractivity contribution is -0.122. The maximum Gasteiger partial charge on any atom is 0.240 e. The van der Waals surface area contributed by atoms with E-state index in [2.05, 4.69) is 40.6 Å². The molecule has 4 nitrogen and oxygen atoms in total. The first-order chi connectivity index (χ1) is 12.6. The Morgan fingerprint density at radius 2 is 1.77 bits per heavy atom. The molecule has 26 heavy (non-hydrogen) atoms. The van der Waals surface area contributed by atoms with E-state index in [9.17, 15) is 4.79 Å². The van der Waals surface area contributed by atoms with Gasteiger partial charge in [0.2, 0.25) is 5.91 Å². The summed E-state index contributed by atoms with van der Waals surface area (Å²) >= 11 is 0. The lowest BCUT2D eigenvalue weighted by Gasteiger charge is -2.16. The average molecular weight is 343 g/mol. The summed E-state index contributed by atoms with van der Waals surface area (Å²) in [6, 6.07) is 22.4. The van der Waals surface area contributed by atoms with E-state index < -0.39 is 0 Å². The van der Waals surface area contributed by atoms with Crippen LogP contribution in [0.4, 0.5) is 0 Å². The predicted octanol–water partition coefficient (Wildman–Crippen LogP) is 4.38. The van der Waals surface area contributed by atoms with Gasteiger partial charge in [0.15, 0.2) is 0 Å². The number of nitrogens with one attached hydrogen (secondary N) is 1. The first-order valence-corrected chi connectivity index (χ1v) is 8.82. The van der Waals surface area contributed by atoms with Gasteiger partial charge in [-0.2, -0.15) is 0 Å². The number of para-hydroxylation sites is 2. The number of imidazole rings is 1. The van der Waals surface area contributed by atoms with Crippen molar-refractivity contribution < 1.29 is 4.79 Å². The minimum Gasteiger partial charge on any atom is -0.348 e. The summed E-state index contributed by atoms with van der Waals surface area (Å²) in [7, 11) is 0. The van der Waals surface area contributed by atoms with Crippen molar-refractivity contribution in [3.8, 4) is 0 Å². The number of fused-ring (bicyclic) bond motifs is 2. The van der Waals surface area contributed by atoms with Crippen molar-refractivity contribution in [1.29, 1.82) is 0 Å². The van der Waals surface area contributed by atoms with Crippen molar-refractivity contribution in [2.75, 3.05) is 0 Å². The molecule has 1 aromatic heterocycles. The monoisotopic (exact) mass is 343 g/mol. The van der Waals surface area contributed by atoms with Crippen LogP contribution < -0.4 is 5.32 Å². The zero-order valence-electron chi connectivity index (χ0n) is 14.9. The highest BCUT2D eigenvalue weighted by atomic mass is 16.2. The molecule has 0 aliphatic heterocycles. The molecule has 0 aliphatic rings. The second-order valence-electron chi connectivity index (χ2n) is 6.63. The van der Waals surface area contributed by atoms with Gasteiger partial charge >= 0.3 is 0 Å². The Bertz CT molecular complexity index is 1100. The molecule has 0 unspecified atom stereocenters. The average Bonchev–Trinajstić information content (AvgIpc) is 2.96. The summed E-state index contributed by atoms with van der Waals surface area (Å²) in [5.74, 6) is 0.830. The molecule has 0 saturated carbocycles. The normalized spacial score (nSPS) is 12.4. The Labute approximate surface area is 152 Å². The smallest absolute Gasteiger partial charge is 0.240 e. The molecular weight excluding hydrogens is 322 g/mol. The van der Waals surface area contributed by atoms with Crippen LogP contribution in [-0.2, 0) is 11.3 Å². The highest BCUT2D eigenvalue weighted by Crippen LogP contribution is 2.20. The van der Waals surface area contributed by atoms with Crippen LogP contribution in [0.3, 0.4) is 0 Å². The van der Waals surface area contributed by atoms with Gasteiger partial charge in [-0.15, -0.1) is 0 Å². The summed E-state index contributed by atoms with van der Waals surface area (Å²) in [5.41, 5.74) is 3.00. The number of rotatable bonds is 4. The van der Waals surface area contributed by atoms with Crippen LogP contribution in [0, 0.1) is 6.92 Å². The molecule has 0 fully saturated rings. The Balaban J connectivity index is 1.52. The number of hydrogen-bond acceptors (Lipinski definition) is 2. The van der Waals surface area contributed by atoms with Crippen LogP contribution >= 0.6 is 0 Å². The van der Waals surface area contributed by atoms with Crippen molar-refractivity contribution >= 4 is 27.7 Å². The highest BCUT2D eigenvalue weighted by Gasteiger charge is 2.14. The molecular formula is C22H21N3O. The molecule has 3 aromatic carbocycles. The van der Waals surface area contributed by atoms with Crippen molar-refractivity contribution in [3.05, 3.63) is 78.1 Å². The van der Waals surface area contributed by atoms with Crippen molar-refractivity contribution in [2.24, 2.45) is 0 Å². The maximum absolute atomic E-state index is 12.6. The summed E-state index contributed by atoms with van der Waals surface area (Å²) < 4.78 is 1.96. The van der Waals surface area contributed by atoms with E-state index >= 15 is 0 Å². The van der Waals surface area contributed by atoms with Crippen molar-refractivity contribution in [2.45, 2.75) is 26.4 Å². The standard InChI is InChI=1S/C22H21N3O/c1-15(18-12-11-17-7-3-4-8-19(17)13-18)23-22(26)14-25-16(2)24-20-9-5-6-10-21(20)25/h3-13,15H,14H2,1-2H3,(H,23,26)/t15-/m0/s1. The molecule has 1 N–H and O–H groups in total. The van der Waals surface area contributed by atoms with Gasteiger partial charge in [0.1, 0.15) is 12.4 Å². The van der Waals surface area contributed by atoms with E-state index in [4.69, 9.17) is 0 Å². The van der Waals surface area contributed by atoms with Crippen LogP contribution in [0.15, 0.2) is 66.7 Å². The SMILES string of the molecule is Cc1nc2ccccc2n1CC(=O)N[C@@H](C)c1ccc2ccccc2c1. The predicted molar refractivity (Wildman–Crippen MR) is 105 cm³/mol. The summed E-state index contributed by atoms with van der Waals surface area (Å²) in [6.07, 6.45) is 0. The number of aryl methyl sites for hydroxylation is 1. The molecule has 0 radical (unpaired) electrons. The molecule has 130 valence electrons. The molecule has 0 saturated heterocycles. The van der Waals surface area contributed by atoms with Crippen molar-refractivity contribution in [1.82, 2.24) is 14.9 Å². The molecule has 1 amide bonds. The van der Waals surface area contributed by atoms with E-state index in [0.29, 0.717) is 0 Å². The topological polar surface area (TPSA) is 46.9 Å². The number of benzene rings is 3. The van der Waals surface area contributed by atoms with Crippen LogP contribution in [-0.4, -0.2) is 15.5 Å². The zero-order chi connectivity index (χ0) is 18.1. The number of amides is 1. The van der Waals surface area contributed by atoms with Gasteiger partial charge in [-0.25, -0.2) is 4.98 Å². The number of hydrogen-bond donors (Lipinski definition) is 1. The molecule has 4 heteroatoms. The number of aromatic nitrogens is 2. The van der Waals surface area contributed by atoms with Gasteiger partial charge in [0.25, 0.3) is 0 Å². The second-order valence-corrected chi connectivity index (χ2v) is 6.63. The summed E-state index contributed by atoms with van der Waals surface area (Å²) in [5, 5.41) is 5.49. The first-order valence-electron chi connectivity index (χ1n) is 8.82. The van der Waals surface area contributed by atoms with E-state index in [1.54, 1.807) is 0 Å². The Morgan fingerprint density at radius 3 is 2.62 bits per heavy atom. The number of carbonyl (C=O) groups excluding carboxylic acids is 1. The van der Waals surface area contributed by atoms with Gasteiger partial charge in [0, 0.05) is 0 Å². The third kappa shape index (κ3) is 3.06. The zero-order valence-corrected chi connectivity index (χ0v) is 14.9. The van der Waals surface area contributed by atoms with E-state index in [0.717, 1.165) is 22.4 Å². The van der Waals surface area contributed by atoms with Gasteiger partial charge in [0.05, 0.1) is 17.1 Å². The summed E-state index contributed by atoms with van der Waals surface area (Å²) in [6.45, 7) is 4.21. The van der Waals surface area contributed by atoms with Gasteiger partial charge < -0.3 is 9.88 Å². The minimum absolute atomic E-state index is 0.0167. The molecule has 0 bridgehead atoms. The Morgan fingerprint density at radius 1 is 1.04 bits per heavy atom. The lowest BCUT2D eigenvalue weighted by Crippen LogP contribution is -2.30. The largest absolute Gasteiger partial charge is 0.348 e. The van der Waals surface area contributed by atoms with E-state index in [1.165, 1.54) is 10.8 Å². The van der Waals surface area contributed by atoms with Gasteiger partial charge in [-0.3, -0.25) is 4.79 Å². The van der Waals surface area contributed by atoms with Gasteiger partial charge in [-0.1, -0.05) is 48.5 Å². The Kier molecular flexibility index (Phi) is 4.17. The van der Waals surface area contributed by atoms with Crippen LogP contribution in [0.5, 0.6) is 0 Å². The molecule has 1 heterocycles. The fourth-order valence-corrected chi connectivity index (χ4v) is 3.39. The molecule has 0 spiro atoms. The molecule has 1 atom stereocenters. The van der Waals surface area contributed by atoms with Crippen LogP contribution in [0.1, 0.15) is 24.4 Å². The molecule has 4 rings (SSSR count). The fraction of sp³-hybridized carbons (Fsp3) is 0.182. The highest BCUT2D eigenvalue weighted by molar-refractivity contribution is 5.84. The fourth-order valence-electron chi connectivity index (χ4n) is 3.39. The lowest BCUT2D eigenvalue weighted by atomic mass is 10.0. The number of nitrogens with zero attached hydrogens (tertiary/aromatic N) is 2. The Hall–Kier alpha value is -3.14. The maximum atomic E-state index is 12.6. The first kappa shape index (κ1) is 16.3. The van der Waals surface area contributed by atoms with E-state index in [1.807, 2.05) is 54.8 Å². The minimum atomic E-state index is -0.0535. The third-order valence-corrected chi connectivity index (χ3v) is 4.80. The summed E-state index contributed by atoms with van der Waals surface area (Å²) in [4.78, 5) is 17.1. The quantitative estimate of drug-likeness (QED) is 0.598. The van der Waals surface area contributed by atoms with E-state index in [-0.39, 0.29) is 18.5 Å². The molecule has 0 aliphatic carbocycles. The third-order valence-electron chi connectivity index (χ3n) is 4.80. The second kappa shape index (κ2) is 6.64.